The highest BCUT2D eigenvalue weighted by Crippen LogP contribution is 2.36. The molecule has 0 atom stereocenters. The van der Waals surface area contributed by atoms with Crippen LogP contribution in [0.15, 0.2) is 41.3 Å². The number of cyclic esters (lactones) is 1. The normalized spacial score (nSPS) is 14.9. The quantitative estimate of drug-likeness (QED) is 0.544. The first-order valence-corrected chi connectivity index (χ1v) is 10.0. The van der Waals surface area contributed by atoms with E-state index in [4.69, 9.17) is 4.74 Å². The third-order valence-electron chi connectivity index (χ3n) is 4.22. The van der Waals surface area contributed by atoms with E-state index >= 15 is 0 Å². The second-order valence-corrected chi connectivity index (χ2v) is 8.36. The number of carbonyl (C=O) groups is 1. The summed E-state index contributed by atoms with van der Waals surface area (Å²) in [6.07, 6.45) is -3.99. The van der Waals surface area contributed by atoms with Gasteiger partial charge in [0.25, 0.3) is 0 Å². The maximum absolute atomic E-state index is 14.3. The molecule has 0 amide bonds. The fourth-order valence-electron chi connectivity index (χ4n) is 2.96. The monoisotopic (exact) mass is 430 g/mol. The van der Waals surface area contributed by atoms with Gasteiger partial charge in [-0.2, -0.15) is 0 Å². The van der Waals surface area contributed by atoms with Crippen molar-refractivity contribution in [2.45, 2.75) is 18.2 Å². The van der Waals surface area contributed by atoms with E-state index in [-0.39, 0.29) is 34.4 Å². The average Bonchev–Trinajstić information content (AvgIpc) is 2.96. The highest BCUT2D eigenvalue weighted by molar-refractivity contribution is 7.90. The molecule has 0 radical (unpaired) electrons. The van der Waals surface area contributed by atoms with Gasteiger partial charge in [0.15, 0.2) is 9.84 Å². The Labute approximate surface area is 163 Å². The third-order valence-corrected chi connectivity index (χ3v) is 5.35. The SMILES string of the molecule is Cc1cc(C2=C(c3ccc(S(C)(=O)=O)c(F)c3)COC2=O)ccc1OC(F)(F)F. The van der Waals surface area contributed by atoms with Crippen molar-refractivity contribution in [1.29, 1.82) is 0 Å². The number of hydrogen-bond donors (Lipinski definition) is 0. The zero-order valence-corrected chi connectivity index (χ0v) is 15.9. The molecular formula is C19H14F4O5S. The molecule has 0 fully saturated rings. The van der Waals surface area contributed by atoms with Gasteiger partial charge in [0.1, 0.15) is 23.1 Å². The first-order valence-electron chi connectivity index (χ1n) is 8.14. The minimum Gasteiger partial charge on any atom is -0.457 e. The molecule has 5 nitrogen and oxygen atoms in total. The molecule has 154 valence electrons. The lowest BCUT2D eigenvalue weighted by molar-refractivity contribution is -0.274. The highest BCUT2D eigenvalue weighted by atomic mass is 32.2. The zero-order chi connectivity index (χ0) is 21.6. The Morgan fingerprint density at radius 2 is 1.72 bits per heavy atom. The van der Waals surface area contributed by atoms with Gasteiger partial charge >= 0.3 is 12.3 Å². The van der Waals surface area contributed by atoms with Crippen LogP contribution in [0.25, 0.3) is 11.1 Å². The fraction of sp³-hybridized carbons (Fsp3) is 0.211. The number of esters is 1. The summed E-state index contributed by atoms with van der Waals surface area (Å²) in [5, 5.41) is 0. The molecule has 1 aliphatic rings. The van der Waals surface area contributed by atoms with Crippen molar-refractivity contribution in [3.8, 4) is 5.75 Å². The largest absolute Gasteiger partial charge is 0.573 e. The highest BCUT2D eigenvalue weighted by Gasteiger charge is 2.33. The summed E-state index contributed by atoms with van der Waals surface area (Å²) in [5.41, 5.74) is 0.965. The Hall–Kier alpha value is -2.88. The van der Waals surface area contributed by atoms with Crippen molar-refractivity contribution in [1.82, 2.24) is 0 Å². The molecule has 0 spiro atoms. The lowest BCUT2D eigenvalue weighted by Gasteiger charge is -2.13. The molecule has 10 heteroatoms. The second-order valence-electron chi connectivity index (χ2n) is 6.38. The van der Waals surface area contributed by atoms with Crippen molar-refractivity contribution in [2.24, 2.45) is 0 Å². The van der Waals surface area contributed by atoms with E-state index in [1.54, 1.807) is 0 Å². The number of hydrogen-bond acceptors (Lipinski definition) is 5. The molecule has 3 rings (SSSR count). The van der Waals surface area contributed by atoms with Crippen molar-refractivity contribution < 1.29 is 40.2 Å². The van der Waals surface area contributed by atoms with Gasteiger partial charge in [-0.15, -0.1) is 13.2 Å². The first-order chi connectivity index (χ1) is 13.4. The number of carbonyl (C=O) groups excluding carboxylic acids is 1. The van der Waals surface area contributed by atoms with E-state index in [1.807, 2.05) is 0 Å². The van der Waals surface area contributed by atoms with E-state index in [1.165, 1.54) is 25.1 Å². The molecule has 2 aromatic carbocycles. The van der Waals surface area contributed by atoms with E-state index < -0.39 is 38.6 Å². The molecule has 0 bridgehead atoms. The smallest absolute Gasteiger partial charge is 0.457 e. The average molecular weight is 430 g/mol. The van der Waals surface area contributed by atoms with Gasteiger partial charge in [-0.05, 0) is 47.9 Å². The van der Waals surface area contributed by atoms with Crippen LogP contribution in [0.5, 0.6) is 5.75 Å². The van der Waals surface area contributed by atoms with Crippen molar-refractivity contribution in [2.75, 3.05) is 12.9 Å². The van der Waals surface area contributed by atoms with Gasteiger partial charge in [0.05, 0.1) is 5.57 Å². The molecule has 29 heavy (non-hydrogen) atoms. The van der Waals surface area contributed by atoms with Crippen LogP contribution in [0.2, 0.25) is 0 Å². The Kier molecular flexibility index (Phi) is 5.16. The molecule has 0 saturated carbocycles. The van der Waals surface area contributed by atoms with Gasteiger partial charge in [0.2, 0.25) is 0 Å². The molecule has 0 saturated heterocycles. The van der Waals surface area contributed by atoms with Crippen LogP contribution < -0.4 is 4.74 Å². The van der Waals surface area contributed by atoms with Gasteiger partial charge in [-0.1, -0.05) is 12.1 Å². The number of ether oxygens (including phenoxy) is 2. The molecule has 0 aromatic heterocycles. The van der Waals surface area contributed by atoms with E-state index in [0.717, 1.165) is 24.5 Å². The molecule has 0 N–H and O–H groups in total. The fourth-order valence-corrected chi connectivity index (χ4v) is 3.69. The number of rotatable bonds is 4. The van der Waals surface area contributed by atoms with E-state index in [9.17, 15) is 30.8 Å². The van der Waals surface area contributed by atoms with Crippen molar-refractivity contribution in [3.05, 3.63) is 58.9 Å². The topological polar surface area (TPSA) is 69.7 Å². The molecular weight excluding hydrogens is 416 g/mol. The zero-order valence-electron chi connectivity index (χ0n) is 15.1. The maximum atomic E-state index is 14.3. The van der Waals surface area contributed by atoms with Crippen LogP contribution >= 0.6 is 0 Å². The molecule has 1 heterocycles. The molecule has 2 aromatic rings. The van der Waals surface area contributed by atoms with Gasteiger partial charge in [-0.25, -0.2) is 17.6 Å². The number of alkyl halides is 3. The summed E-state index contributed by atoms with van der Waals surface area (Å²) in [6.45, 7) is 1.19. The van der Waals surface area contributed by atoms with Gasteiger partial charge in [-0.3, -0.25) is 0 Å². The standard InChI is InChI=1S/C19H14F4O5S/c1-10-7-12(3-5-15(10)28-19(21,22)23)17-13(9-27-18(17)24)11-4-6-16(14(20)8-11)29(2,25)26/h3-8H,9H2,1-2H3. The van der Waals surface area contributed by atoms with Crippen LogP contribution in [-0.2, 0) is 19.4 Å². The summed E-state index contributed by atoms with van der Waals surface area (Å²) in [5.74, 6) is -2.13. The van der Waals surface area contributed by atoms with Crippen molar-refractivity contribution >= 4 is 27.0 Å². The summed E-state index contributed by atoms with van der Waals surface area (Å²) in [7, 11) is -3.77. The van der Waals surface area contributed by atoms with Crippen LogP contribution in [-0.4, -0.2) is 33.6 Å². The Balaban J connectivity index is 2.07. The summed E-state index contributed by atoms with van der Waals surface area (Å²) < 4.78 is 83.6. The molecule has 0 unspecified atom stereocenters. The summed E-state index contributed by atoms with van der Waals surface area (Å²) in [6, 6.07) is 7.05. The first kappa shape index (κ1) is 20.8. The second kappa shape index (κ2) is 7.18. The van der Waals surface area contributed by atoms with Crippen LogP contribution in [0, 0.1) is 12.7 Å². The van der Waals surface area contributed by atoms with E-state index in [2.05, 4.69) is 4.74 Å². The maximum Gasteiger partial charge on any atom is 0.573 e. The molecule has 0 aliphatic carbocycles. The minimum absolute atomic E-state index is 0.0539. The summed E-state index contributed by atoms with van der Waals surface area (Å²) >= 11 is 0. The van der Waals surface area contributed by atoms with E-state index in [0.29, 0.717) is 0 Å². The number of sulfone groups is 1. The lowest BCUT2D eigenvalue weighted by atomic mass is 9.95. The predicted molar refractivity (Wildman–Crippen MR) is 95.1 cm³/mol. The van der Waals surface area contributed by atoms with Crippen LogP contribution in [0.4, 0.5) is 17.6 Å². The number of halogens is 4. The predicted octanol–water partition coefficient (Wildman–Crippen LogP) is 3.90. The number of aryl methyl sites for hydroxylation is 1. The summed E-state index contributed by atoms with van der Waals surface area (Å²) in [4.78, 5) is 11.7. The number of benzene rings is 2. The van der Waals surface area contributed by atoms with Crippen LogP contribution in [0.3, 0.4) is 0 Å². The van der Waals surface area contributed by atoms with Crippen LogP contribution in [0.1, 0.15) is 16.7 Å². The van der Waals surface area contributed by atoms with Gasteiger partial charge in [0, 0.05) is 11.8 Å². The molecule has 1 aliphatic heterocycles. The Bertz CT molecular complexity index is 1130. The Morgan fingerprint density at radius 1 is 1.07 bits per heavy atom. The third kappa shape index (κ3) is 4.42. The van der Waals surface area contributed by atoms with Gasteiger partial charge < -0.3 is 9.47 Å². The Morgan fingerprint density at radius 3 is 2.28 bits per heavy atom. The minimum atomic E-state index is -4.86. The lowest BCUT2D eigenvalue weighted by Crippen LogP contribution is -2.17. The van der Waals surface area contributed by atoms with Crippen molar-refractivity contribution in [3.63, 3.8) is 0 Å².